The average Bonchev–Trinajstić information content (AvgIpc) is 3.38. The van der Waals surface area contributed by atoms with Crippen LogP contribution in [0.1, 0.15) is 31.7 Å². The number of hydrogen-bond acceptors (Lipinski definition) is 8. The lowest BCUT2D eigenvalue weighted by Crippen LogP contribution is -2.47. The van der Waals surface area contributed by atoms with Crippen LogP contribution >= 0.6 is 11.3 Å². The van der Waals surface area contributed by atoms with Gasteiger partial charge in [-0.25, -0.2) is 13.4 Å². The van der Waals surface area contributed by atoms with E-state index in [1.165, 1.54) is 18.4 Å². The number of anilines is 2. The van der Waals surface area contributed by atoms with E-state index in [0.29, 0.717) is 34.4 Å². The Morgan fingerprint density at radius 1 is 1.08 bits per heavy atom. The molecule has 3 aromatic rings. The number of amides is 1. The van der Waals surface area contributed by atoms with Crippen LogP contribution in [0, 0.1) is 0 Å². The van der Waals surface area contributed by atoms with Gasteiger partial charge < -0.3 is 15.0 Å². The quantitative estimate of drug-likeness (QED) is 0.308. The smallest absolute Gasteiger partial charge is 0.262 e. The van der Waals surface area contributed by atoms with Crippen LogP contribution in [0.5, 0.6) is 5.75 Å². The van der Waals surface area contributed by atoms with Gasteiger partial charge in [0, 0.05) is 37.1 Å². The number of piperazine rings is 1. The number of nitrogens with one attached hydrogen (secondary N) is 2. The van der Waals surface area contributed by atoms with E-state index in [9.17, 15) is 13.2 Å². The highest BCUT2D eigenvalue weighted by Crippen LogP contribution is 2.33. The maximum Gasteiger partial charge on any atom is 0.262 e. The van der Waals surface area contributed by atoms with E-state index in [1.54, 1.807) is 24.3 Å². The van der Waals surface area contributed by atoms with Gasteiger partial charge >= 0.3 is 0 Å². The number of ether oxygens (including phenoxy) is 1. The Kier molecular flexibility index (Phi) is 9.95. The second kappa shape index (κ2) is 13.4. The fraction of sp³-hybridized carbons (Fsp3) is 0.429. The van der Waals surface area contributed by atoms with Crippen molar-refractivity contribution >= 4 is 38.1 Å². The third-order valence-corrected chi connectivity index (χ3v) is 8.89. The number of carbonyl (C=O) groups excluding carboxylic acids is 1. The zero-order valence-electron chi connectivity index (χ0n) is 22.8. The SMILES string of the molecule is CCCCCc1ccc(S(=O)(=O)Nc2cc(-c3csc(NC(=O)CN4CCN(C)CC4)n3)ccc2OC)cc1. The Morgan fingerprint density at radius 3 is 2.51 bits per heavy atom. The van der Waals surface area contributed by atoms with Crippen molar-refractivity contribution in [2.75, 3.05) is 56.9 Å². The minimum absolute atomic E-state index is 0.0972. The first kappa shape index (κ1) is 29.0. The number of sulfonamides is 1. The molecule has 9 nitrogen and oxygen atoms in total. The largest absolute Gasteiger partial charge is 0.495 e. The van der Waals surface area contributed by atoms with E-state index in [4.69, 9.17) is 4.74 Å². The molecule has 0 spiro atoms. The summed E-state index contributed by atoms with van der Waals surface area (Å²) in [5, 5.41) is 5.22. The van der Waals surface area contributed by atoms with Crippen molar-refractivity contribution in [3.63, 3.8) is 0 Å². The summed E-state index contributed by atoms with van der Waals surface area (Å²) in [6.45, 7) is 6.11. The van der Waals surface area contributed by atoms with E-state index < -0.39 is 10.0 Å². The molecule has 1 aliphatic heterocycles. The molecule has 0 atom stereocenters. The number of benzene rings is 2. The molecule has 0 aliphatic carbocycles. The van der Waals surface area contributed by atoms with Crippen LogP contribution < -0.4 is 14.8 Å². The molecule has 1 amide bonds. The van der Waals surface area contributed by atoms with Crippen molar-refractivity contribution in [2.24, 2.45) is 0 Å². The molecule has 210 valence electrons. The van der Waals surface area contributed by atoms with E-state index in [2.05, 4.69) is 38.8 Å². The molecular weight excluding hydrogens is 534 g/mol. The Balaban J connectivity index is 1.43. The predicted molar refractivity (Wildman–Crippen MR) is 157 cm³/mol. The summed E-state index contributed by atoms with van der Waals surface area (Å²) in [4.78, 5) is 21.7. The molecule has 1 saturated heterocycles. The van der Waals surface area contributed by atoms with Gasteiger partial charge in [0.05, 0.1) is 29.9 Å². The van der Waals surface area contributed by atoms with E-state index in [-0.39, 0.29) is 10.8 Å². The highest BCUT2D eigenvalue weighted by Gasteiger charge is 2.19. The van der Waals surface area contributed by atoms with Crippen molar-refractivity contribution in [2.45, 2.75) is 37.5 Å². The van der Waals surface area contributed by atoms with Crippen molar-refractivity contribution < 1.29 is 17.9 Å². The number of hydrogen-bond donors (Lipinski definition) is 2. The molecule has 2 aromatic carbocycles. The van der Waals surface area contributed by atoms with E-state index in [1.807, 2.05) is 23.6 Å². The first-order chi connectivity index (χ1) is 18.8. The van der Waals surface area contributed by atoms with Crippen LogP contribution in [0.2, 0.25) is 0 Å². The van der Waals surface area contributed by atoms with E-state index >= 15 is 0 Å². The van der Waals surface area contributed by atoms with Crippen LogP contribution in [0.4, 0.5) is 10.8 Å². The minimum atomic E-state index is -3.83. The number of aromatic nitrogens is 1. The molecule has 39 heavy (non-hydrogen) atoms. The molecule has 1 aliphatic rings. The Labute approximate surface area is 235 Å². The number of aryl methyl sites for hydroxylation is 1. The summed E-state index contributed by atoms with van der Waals surface area (Å²) in [5.74, 6) is 0.300. The lowest BCUT2D eigenvalue weighted by molar-refractivity contribution is -0.117. The van der Waals surface area contributed by atoms with Gasteiger partial charge in [0.1, 0.15) is 5.75 Å². The first-order valence-corrected chi connectivity index (χ1v) is 15.6. The Hall–Kier alpha value is -2.99. The second-order valence-corrected chi connectivity index (χ2v) is 12.3. The summed E-state index contributed by atoms with van der Waals surface area (Å²) >= 11 is 1.33. The average molecular weight is 572 g/mol. The molecular formula is C28H37N5O4S2. The highest BCUT2D eigenvalue weighted by atomic mass is 32.2. The fourth-order valence-corrected chi connectivity index (χ4v) is 6.19. The van der Waals surface area contributed by atoms with Gasteiger partial charge in [-0.15, -0.1) is 11.3 Å². The maximum absolute atomic E-state index is 13.2. The molecule has 0 radical (unpaired) electrons. The highest BCUT2D eigenvalue weighted by molar-refractivity contribution is 7.92. The van der Waals surface area contributed by atoms with Crippen LogP contribution in [-0.4, -0.2) is 76.0 Å². The third-order valence-electron chi connectivity index (χ3n) is 6.76. The zero-order chi connectivity index (χ0) is 27.8. The van der Waals surface area contributed by atoms with Crippen molar-refractivity contribution in [3.05, 3.63) is 53.4 Å². The molecule has 2 N–H and O–H groups in total. The molecule has 0 bridgehead atoms. The van der Waals surface area contributed by atoms with Crippen LogP contribution in [-0.2, 0) is 21.2 Å². The number of nitrogens with zero attached hydrogens (tertiary/aromatic N) is 3. The summed E-state index contributed by atoms with van der Waals surface area (Å²) < 4.78 is 34.4. The molecule has 1 aromatic heterocycles. The minimum Gasteiger partial charge on any atom is -0.495 e. The lowest BCUT2D eigenvalue weighted by Gasteiger charge is -2.31. The predicted octanol–water partition coefficient (Wildman–Crippen LogP) is 4.54. The lowest BCUT2D eigenvalue weighted by atomic mass is 10.1. The van der Waals surface area contributed by atoms with Gasteiger partial charge in [0.2, 0.25) is 5.91 Å². The topological polar surface area (TPSA) is 104 Å². The fourth-order valence-electron chi connectivity index (χ4n) is 4.40. The molecule has 0 saturated carbocycles. The molecule has 1 fully saturated rings. The van der Waals surface area contributed by atoms with Crippen molar-refractivity contribution in [1.82, 2.24) is 14.8 Å². The zero-order valence-corrected chi connectivity index (χ0v) is 24.4. The molecule has 11 heteroatoms. The van der Waals surface area contributed by atoms with Crippen LogP contribution in [0.15, 0.2) is 52.7 Å². The first-order valence-electron chi connectivity index (χ1n) is 13.2. The summed E-state index contributed by atoms with van der Waals surface area (Å²) in [5.41, 5.74) is 2.78. The number of thiazole rings is 1. The standard InChI is InChI=1S/C28H37N5O4S2/c1-4-5-6-7-21-8-11-23(12-9-21)39(35,36)31-24-18-22(10-13-26(24)37-3)25-20-38-28(29-25)30-27(34)19-33-16-14-32(2)15-17-33/h8-13,18,20,31H,4-7,14-17,19H2,1-3H3,(H,29,30,34). The van der Waals surface area contributed by atoms with Crippen molar-refractivity contribution in [1.29, 1.82) is 0 Å². The summed E-state index contributed by atoms with van der Waals surface area (Å²) in [6.07, 6.45) is 4.32. The monoisotopic (exact) mass is 571 g/mol. The van der Waals surface area contributed by atoms with Crippen LogP contribution in [0.3, 0.4) is 0 Å². The summed E-state index contributed by atoms with van der Waals surface area (Å²) in [6, 6.07) is 12.2. The normalized spacial score (nSPS) is 14.7. The van der Waals surface area contributed by atoms with Gasteiger partial charge in [-0.05, 0) is 55.8 Å². The number of rotatable bonds is 12. The molecule has 0 unspecified atom stereocenters. The Bertz CT molecular complexity index is 1350. The third kappa shape index (κ3) is 8.01. The number of carbonyl (C=O) groups is 1. The molecule has 4 rings (SSSR count). The van der Waals surface area contributed by atoms with Gasteiger partial charge in [0.15, 0.2) is 5.13 Å². The number of methoxy groups -OCH3 is 1. The van der Waals surface area contributed by atoms with Gasteiger partial charge in [-0.3, -0.25) is 14.4 Å². The molecule has 2 heterocycles. The number of likely N-dealkylation sites (N-methyl/N-ethyl adjacent to an activating group) is 1. The van der Waals surface area contributed by atoms with Gasteiger partial charge in [0.25, 0.3) is 10.0 Å². The van der Waals surface area contributed by atoms with Crippen molar-refractivity contribution in [3.8, 4) is 17.0 Å². The second-order valence-electron chi connectivity index (χ2n) is 9.79. The van der Waals surface area contributed by atoms with E-state index in [0.717, 1.165) is 57.4 Å². The van der Waals surface area contributed by atoms with Gasteiger partial charge in [-0.1, -0.05) is 31.9 Å². The Morgan fingerprint density at radius 2 is 1.82 bits per heavy atom. The summed E-state index contributed by atoms with van der Waals surface area (Å²) in [7, 11) is -0.253. The van der Waals surface area contributed by atoms with Gasteiger partial charge in [-0.2, -0.15) is 0 Å². The van der Waals surface area contributed by atoms with Crippen LogP contribution in [0.25, 0.3) is 11.3 Å². The maximum atomic E-state index is 13.2. The number of unbranched alkanes of at least 4 members (excludes halogenated alkanes) is 2.